The number of hydrogen-bond acceptors (Lipinski definition) is 9. The van der Waals surface area contributed by atoms with E-state index >= 15 is 0 Å². The fourth-order valence-corrected chi connectivity index (χ4v) is 9.37. The average Bonchev–Trinajstić information content (AvgIpc) is 3.85. The number of alkyl halides is 3. The average molecular weight is 894 g/mol. The smallest absolute Gasteiger partial charge is 0.422 e. The molecule has 332 valence electrons. The number of nitrogens with two attached hydrogens (primary N) is 1. The minimum Gasteiger partial charge on any atom is -0.484 e. The lowest BCUT2D eigenvalue weighted by atomic mass is 10.1. The highest BCUT2D eigenvalue weighted by Crippen LogP contribution is 2.30. The summed E-state index contributed by atoms with van der Waals surface area (Å²) in [6, 6.07) is 25.4. The molecule has 1 aliphatic heterocycles. The zero-order chi connectivity index (χ0) is 44.1. The van der Waals surface area contributed by atoms with Crippen molar-refractivity contribution < 1.29 is 40.4 Å². The van der Waals surface area contributed by atoms with Gasteiger partial charge in [0.05, 0.1) is 5.52 Å². The van der Waals surface area contributed by atoms with E-state index in [1.807, 2.05) is 65.2 Å². The van der Waals surface area contributed by atoms with Crippen molar-refractivity contribution in [2.45, 2.75) is 75.4 Å². The lowest BCUT2D eigenvalue weighted by molar-refractivity contribution is -0.153. The van der Waals surface area contributed by atoms with E-state index in [2.05, 4.69) is 16.0 Å². The van der Waals surface area contributed by atoms with E-state index in [1.54, 1.807) is 36.4 Å². The predicted molar refractivity (Wildman–Crippen MR) is 238 cm³/mol. The summed E-state index contributed by atoms with van der Waals surface area (Å²) in [6.07, 6.45) is 8.49. The molecular formula is C46H54F3N5O6S2. The minimum absolute atomic E-state index is 0.00639. The highest BCUT2D eigenvalue weighted by Gasteiger charge is 2.28. The zero-order valence-corrected chi connectivity index (χ0v) is 36.5. The van der Waals surface area contributed by atoms with Gasteiger partial charge in [0.25, 0.3) is 16.0 Å². The molecule has 4 heterocycles. The Hall–Kier alpha value is -5.00. The minimum atomic E-state index is -4.37. The summed E-state index contributed by atoms with van der Waals surface area (Å²) < 4.78 is 81.5. The molecule has 6 aromatic rings. The summed E-state index contributed by atoms with van der Waals surface area (Å²) in [6.45, 7) is 2.69. The van der Waals surface area contributed by atoms with Crippen LogP contribution in [0.25, 0.3) is 21.0 Å². The lowest BCUT2D eigenvalue weighted by Gasteiger charge is -2.34. The molecule has 7 rings (SSSR count). The number of rotatable bonds is 18. The Bertz CT molecular complexity index is 2470. The highest BCUT2D eigenvalue weighted by molar-refractivity contribution is 7.86. The first-order chi connectivity index (χ1) is 29.8. The first kappa shape index (κ1) is 46.5. The second-order valence-corrected chi connectivity index (χ2v) is 17.8. The van der Waals surface area contributed by atoms with Gasteiger partial charge in [0.1, 0.15) is 22.1 Å². The maximum atomic E-state index is 13.6. The molecule has 11 nitrogen and oxygen atoms in total. The van der Waals surface area contributed by atoms with Gasteiger partial charge in [-0.25, -0.2) is 4.98 Å². The first-order valence-corrected chi connectivity index (χ1v) is 23.3. The Kier molecular flexibility index (Phi) is 16.4. The SMILES string of the molecule is Cn1c(C(=O)N2CCN(Cc3ccc(OCC(F)(F)F)cc3)CC2)cc2ccc(Oc3ccc(CCCCCCCCCCN)cn3)cc21.O=S(=O)(O)c1csc2ccccc12. The molecule has 0 saturated carbocycles. The molecule has 0 bridgehead atoms. The van der Waals surface area contributed by atoms with Gasteiger partial charge >= 0.3 is 6.18 Å². The maximum Gasteiger partial charge on any atom is 0.422 e. The number of thiophene rings is 1. The number of nitrogens with zero attached hydrogens (tertiary/aromatic N) is 4. The third-order valence-corrected chi connectivity index (χ3v) is 12.8. The van der Waals surface area contributed by atoms with Crippen LogP contribution in [-0.4, -0.2) is 83.7 Å². The van der Waals surface area contributed by atoms with Gasteiger partial charge < -0.3 is 24.7 Å². The Morgan fingerprint density at radius 3 is 2.16 bits per heavy atom. The lowest BCUT2D eigenvalue weighted by Crippen LogP contribution is -2.48. The van der Waals surface area contributed by atoms with Crippen molar-refractivity contribution in [3.8, 4) is 17.4 Å². The standard InChI is InChI=1S/C38H48F3N5O3.C8H6O3S2/c1-44-34-25-33(49-36-18-13-29(26-43-36)10-8-6-4-2-3-5-7-9-19-42)17-14-31(34)24-35(44)37(47)46-22-20-45(21-23-46)27-30-11-15-32(16-12-30)48-28-38(39,40)41;9-13(10,11)8-5-12-7-4-2-1-3-6(7)8/h11-18,24-26H,2-10,19-23,27-28,42H2,1H3;1-5H,(H,9,10,11). The van der Waals surface area contributed by atoms with Crippen LogP contribution in [0.3, 0.4) is 0 Å². The number of unbranched alkanes of at least 4 members (excludes halogenated alkanes) is 7. The van der Waals surface area contributed by atoms with Crippen molar-refractivity contribution in [3.05, 3.63) is 113 Å². The molecule has 0 unspecified atom stereocenters. The second kappa shape index (κ2) is 21.9. The summed E-state index contributed by atoms with van der Waals surface area (Å²) in [5.74, 6) is 1.36. The molecule has 16 heteroatoms. The number of aryl methyl sites for hydroxylation is 2. The fraction of sp³-hybridized carbons (Fsp3) is 0.391. The predicted octanol–water partition coefficient (Wildman–Crippen LogP) is 10.0. The number of carbonyl (C=O) groups is 1. The van der Waals surface area contributed by atoms with Gasteiger partial charge in [-0.05, 0) is 73.3 Å². The van der Waals surface area contributed by atoms with E-state index in [0.29, 0.717) is 55.4 Å². The van der Waals surface area contributed by atoms with Crippen LogP contribution < -0.4 is 15.2 Å². The molecule has 0 radical (unpaired) electrons. The van der Waals surface area contributed by atoms with Gasteiger partial charge in [0.2, 0.25) is 5.88 Å². The van der Waals surface area contributed by atoms with E-state index < -0.39 is 22.9 Å². The molecule has 0 aliphatic carbocycles. The topological polar surface area (TPSA) is 140 Å². The van der Waals surface area contributed by atoms with E-state index in [4.69, 9.17) is 19.8 Å². The number of pyridine rings is 1. The fourth-order valence-electron chi connectivity index (χ4n) is 7.39. The van der Waals surface area contributed by atoms with Gasteiger partial charge in [-0.2, -0.15) is 21.6 Å². The molecule has 3 aromatic heterocycles. The number of hydrogen-bond donors (Lipinski definition) is 2. The van der Waals surface area contributed by atoms with Crippen molar-refractivity contribution >= 4 is 48.4 Å². The van der Waals surface area contributed by atoms with Crippen LogP contribution >= 0.6 is 11.3 Å². The van der Waals surface area contributed by atoms with Crippen molar-refractivity contribution in [1.29, 1.82) is 0 Å². The maximum absolute atomic E-state index is 13.6. The van der Waals surface area contributed by atoms with Gasteiger partial charge in [-0.1, -0.05) is 74.9 Å². The number of piperazine rings is 1. The summed E-state index contributed by atoms with van der Waals surface area (Å²) in [5.41, 5.74) is 9.26. The molecule has 3 N–H and O–H groups in total. The van der Waals surface area contributed by atoms with E-state index in [0.717, 1.165) is 47.0 Å². The molecule has 0 atom stereocenters. The number of halogens is 3. The van der Waals surface area contributed by atoms with Crippen molar-refractivity contribution in [2.75, 3.05) is 39.3 Å². The van der Waals surface area contributed by atoms with Crippen LogP contribution in [0.2, 0.25) is 0 Å². The summed E-state index contributed by atoms with van der Waals surface area (Å²) >= 11 is 1.30. The molecule has 1 saturated heterocycles. The summed E-state index contributed by atoms with van der Waals surface area (Å²) in [4.78, 5) is 22.2. The van der Waals surface area contributed by atoms with E-state index in [-0.39, 0.29) is 16.6 Å². The van der Waals surface area contributed by atoms with Gasteiger partial charge in [0.15, 0.2) is 6.61 Å². The van der Waals surface area contributed by atoms with Crippen molar-refractivity contribution in [3.63, 3.8) is 0 Å². The molecule has 62 heavy (non-hydrogen) atoms. The normalized spacial score (nSPS) is 13.6. The zero-order valence-electron chi connectivity index (χ0n) is 34.9. The van der Waals surface area contributed by atoms with E-state index in [9.17, 15) is 26.4 Å². The highest BCUT2D eigenvalue weighted by atomic mass is 32.2. The molecule has 0 spiro atoms. The molecule has 3 aromatic carbocycles. The van der Waals surface area contributed by atoms with Crippen LogP contribution in [0.4, 0.5) is 13.2 Å². The number of fused-ring (bicyclic) bond motifs is 2. The summed E-state index contributed by atoms with van der Waals surface area (Å²) in [7, 11) is -2.18. The third-order valence-electron chi connectivity index (χ3n) is 10.8. The largest absolute Gasteiger partial charge is 0.484 e. The number of ether oxygens (including phenoxy) is 2. The number of carbonyl (C=O) groups excluding carboxylic acids is 1. The van der Waals surface area contributed by atoms with E-state index in [1.165, 1.54) is 60.8 Å². The molecule has 1 fully saturated rings. The van der Waals surface area contributed by atoms with Crippen molar-refractivity contribution in [2.24, 2.45) is 12.8 Å². The van der Waals surface area contributed by atoms with Crippen LogP contribution in [0.15, 0.2) is 101 Å². The quantitative estimate of drug-likeness (QED) is 0.0638. The Labute approximate surface area is 365 Å². The Morgan fingerprint density at radius 2 is 1.50 bits per heavy atom. The van der Waals surface area contributed by atoms with Gasteiger partial charge in [-0.3, -0.25) is 14.2 Å². The Morgan fingerprint density at radius 1 is 0.839 bits per heavy atom. The molecule has 1 aliphatic rings. The first-order valence-electron chi connectivity index (χ1n) is 20.9. The monoisotopic (exact) mass is 893 g/mol. The molecule has 1 amide bonds. The van der Waals surface area contributed by atoms with Crippen LogP contribution in [0, 0.1) is 0 Å². The second-order valence-electron chi connectivity index (χ2n) is 15.5. The number of benzene rings is 3. The van der Waals surface area contributed by atoms with Crippen LogP contribution in [0.5, 0.6) is 17.4 Å². The van der Waals surface area contributed by atoms with Gasteiger partial charge in [0, 0.05) is 79.0 Å². The number of amides is 1. The Balaban J connectivity index is 0.000000418. The van der Waals surface area contributed by atoms with Crippen molar-refractivity contribution in [1.82, 2.24) is 19.4 Å². The molecular weight excluding hydrogens is 840 g/mol. The van der Waals surface area contributed by atoms with Gasteiger partial charge in [-0.15, -0.1) is 11.3 Å². The third kappa shape index (κ3) is 13.5. The van der Waals surface area contributed by atoms with Crippen LogP contribution in [-0.2, 0) is 30.1 Å². The number of aromatic nitrogens is 2. The van der Waals surface area contributed by atoms with Crippen LogP contribution in [0.1, 0.15) is 73.0 Å². The summed E-state index contributed by atoms with van der Waals surface area (Å²) in [5, 5.41) is 2.98.